The number of anilines is 2. The molecule has 1 amide bonds. The van der Waals surface area contributed by atoms with Gasteiger partial charge in [0.1, 0.15) is 17.2 Å². The largest absolute Gasteiger partial charge is 0.497 e. The fourth-order valence-corrected chi connectivity index (χ4v) is 3.72. The molecule has 0 fully saturated rings. The number of sulfonamides is 1. The highest BCUT2D eigenvalue weighted by Gasteiger charge is 2.17. The number of aromatic amines is 1. The van der Waals surface area contributed by atoms with Crippen LogP contribution >= 0.6 is 0 Å². The molecule has 0 aliphatic rings. The van der Waals surface area contributed by atoms with E-state index < -0.39 is 15.9 Å². The summed E-state index contributed by atoms with van der Waals surface area (Å²) in [4.78, 5) is 12.9. The fraction of sp³-hybridized carbons (Fsp3) is 0.217. The average Bonchev–Trinajstić information content (AvgIpc) is 3.29. The molecule has 11 heteroatoms. The van der Waals surface area contributed by atoms with E-state index in [1.165, 1.54) is 25.3 Å². The van der Waals surface area contributed by atoms with Crippen LogP contribution in [-0.2, 0) is 22.9 Å². The summed E-state index contributed by atoms with van der Waals surface area (Å²) in [7, 11) is 0.831. The molecule has 1 heterocycles. The summed E-state index contributed by atoms with van der Waals surface area (Å²) in [6.07, 6.45) is 1.31. The molecule has 180 valence electrons. The van der Waals surface area contributed by atoms with Gasteiger partial charge in [0.25, 0.3) is 15.9 Å². The Balaban J connectivity index is 1.73. The zero-order chi connectivity index (χ0) is 24.7. The normalized spacial score (nSPS) is 10.9. The molecule has 0 unspecified atom stereocenters. The molecule has 1 aromatic heterocycles. The first-order valence-corrected chi connectivity index (χ1v) is 11.7. The Kier molecular flexibility index (Phi) is 7.79. The number of nitrogens with one attached hydrogen (secondary N) is 3. The van der Waals surface area contributed by atoms with Crippen LogP contribution in [0.25, 0.3) is 0 Å². The van der Waals surface area contributed by atoms with Gasteiger partial charge in [0, 0.05) is 23.2 Å². The quantitative estimate of drug-likeness (QED) is 0.379. The molecule has 0 aliphatic carbocycles. The van der Waals surface area contributed by atoms with Crippen molar-refractivity contribution in [2.24, 2.45) is 0 Å². The second kappa shape index (κ2) is 10.8. The second-order valence-electron chi connectivity index (χ2n) is 7.18. The lowest BCUT2D eigenvalue weighted by Crippen LogP contribution is -2.17. The van der Waals surface area contributed by atoms with E-state index in [1.54, 1.807) is 26.4 Å². The zero-order valence-corrected chi connectivity index (χ0v) is 19.9. The summed E-state index contributed by atoms with van der Waals surface area (Å²) >= 11 is 0. The van der Waals surface area contributed by atoms with Crippen LogP contribution in [0.15, 0.2) is 54.5 Å². The average molecular weight is 487 g/mol. The number of aromatic nitrogens is 2. The molecule has 10 nitrogen and oxygen atoms in total. The summed E-state index contributed by atoms with van der Waals surface area (Å²) < 4.78 is 41.9. The van der Waals surface area contributed by atoms with Gasteiger partial charge in [-0.15, -0.1) is 0 Å². The van der Waals surface area contributed by atoms with E-state index in [2.05, 4.69) is 26.8 Å². The number of H-pyrrole nitrogens is 1. The van der Waals surface area contributed by atoms with Crippen molar-refractivity contribution in [3.8, 4) is 17.2 Å². The van der Waals surface area contributed by atoms with Gasteiger partial charge in [-0.05, 0) is 48.7 Å². The molecule has 0 aliphatic heterocycles. The topological polar surface area (TPSA) is 132 Å². The molecule has 0 saturated heterocycles. The monoisotopic (exact) mass is 486 g/mol. The zero-order valence-electron chi connectivity index (χ0n) is 19.0. The highest BCUT2D eigenvalue weighted by Crippen LogP contribution is 2.25. The number of carbonyl (C=O) groups excluding carboxylic acids is 1. The molecule has 3 N–H and O–H groups in total. The Morgan fingerprint density at radius 1 is 1.00 bits per heavy atom. The number of ether oxygens (including phenoxy) is 3. The SMILES string of the molecule is C=CS(=O)(=O)Nc1ccc(OC)cc1C(=O)Nc1cc(CCc2cc(OC)cc(OC)c2)[nH]n1. The fourth-order valence-electron chi connectivity index (χ4n) is 3.15. The first-order valence-electron chi connectivity index (χ1n) is 10.2. The van der Waals surface area contributed by atoms with Gasteiger partial charge in [-0.1, -0.05) is 6.58 Å². The number of carbonyl (C=O) groups is 1. The van der Waals surface area contributed by atoms with Crippen molar-refractivity contribution in [2.45, 2.75) is 12.8 Å². The van der Waals surface area contributed by atoms with E-state index in [4.69, 9.17) is 14.2 Å². The Hall–Kier alpha value is -3.99. The maximum absolute atomic E-state index is 12.9. The van der Waals surface area contributed by atoms with Gasteiger partial charge in [-0.3, -0.25) is 14.6 Å². The third kappa shape index (κ3) is 6.29. The Morgan fingerprint density at radius 3 is 2.29 bits per heavy atom. The number of hydrogen-bond acceptors (Lipinski definition) is 7. The van der Waals surface area contributed by atoms with Crippen LogP contribution in [0, 0.1) is 0 Å². The Morgan fingerprint density at radius 2 is 1.68 bits per heavy atom. The van der Waals surface area contributed by atoms with Crippen molar-refractivity contribution in [2.75, 3.05) is 31.4 Å². The molecule has 2 aromatic carbocycles. The molecule has 0 spiro atoms. The van der Waals surface area contributed by atoms with E-state index in [1.807, 2.05) is 12.1 Å². The van der Waals surface area contributed by atoms with Crippen molar-refractivity contribution < 1.29 is 27.4 Å². The molecule has 3 rings (SSSR count). The van der Waals surface area contributed by atoms with E-state index in [9.17, 15) is 13.2 Å². The first-order chi connectivity index (χ1) is 16.3. The summed E-state index contributed by atoms with van der Waals surface area (Å²) in [5, 5.41) is 10.5. The minimum Gasteiger partial charge on any atom is -0.497 e. The lowest BCUT2D eigenvalue weighted by molar-refractivity contribution is 0.102. The third-order valence-corrected chi connectivity index (χ3v) is 5.85. The first kappa shape index (κ1) is 24.6. The van der Waals surface area contributed by atoms with Crippen molar-refractivity contribution in [3.63, 3.8) is 0 Å². The van der Waals surface area contributed by atoms with Gasteiger partial charge in [0.15, 0.2) is 5.82 Å². The van der Waals surface area contributed by atoms with Gasteiger partial charge in [-0.25, -0.2) is 8.42 Å². The summed E-state index contributed by atoms with van der Waals surface area (Å²) in [6, 6.07) is 11.8. The van der Waals surface area contributed by atoms with Crippen LogP contribution in [-0.4, -0.2) is 45.9 Å². The molecule has 34 heavy (non-hydrogen) atoms. The minimum absolute atomic E-state index is 0.0674. The molecule has 0 saturated carbocycles. The Bertz CT molecular complexity index is 1260. The van der Waals surface area contributed by atoms with Gasteiger partial charge in [0.2, 0.25) is 0 Å². The third-order valence-electron chi connectivity index (χ3n) is 4.91. The van der Waals surface area contributed by atoms with Crippen molar-refractivity contribution in [1.29, 1.82) is 0 Å². The molecular weight excluding hydrogens is 460 g/mol. The van der Waals surface area contributed by atoms with E-state index in [0.717, 1.165) is 16.7 Å². The summed E-state index contributed by atoms with van der Waals surface area (Å²) in [6.45, 7) is 3.26. The van der Waals surface area contributed by atoms with Crippen LogP contribution in [0.2, 0.25) is 0 Å². The molecule has 0 atom stereocenters. The van der Waals surface area contributed by atoms with Crippen molar-refractivity contribution >= 4 is 27.4 Å². The lowest BCUT2D eigenvalue weighted by Gasteiger charge is -2.12. The predicted octanol–water partition coefficient (Wildman–Crippen LogP) is 3.36. The second-order valence-corrected chi connectivity index (χ2v) is 8.81. The standard InChI is InChI=1S/C23H26N4O6S/c1-5-34(29,30)27-21-9-8-17(31-2)14-20(21)23(28)24-22-12-16(25-26-22)7-6-15-10-18(32-3)13-19(11-15)33-4/h5,8-14,27H,1,6-7H2,2-4H3,(H2,24,25,26,28). The number of benzene rings is 2. The summed E-state index contributed by atoms with van der Waals surface area (Å²) in [5.74, 6) is 1.53. The van der Waals surface area contributed by atoms with Crippen LogP contribution < -0.4 is 24.2 Å². The smallest absolute Gasteiger partial charge is 0.259 e. The number of aryl methyl sites for hydroxylation is 2. The maximum Gasteiger partial charge on any atom is 0.259 e. The number of nitrogens with zero attached hydrogens (tertiary/aromatic N) is 1. The van der Waals surface area contributed by atoms with E-state index >= 15 is 0 Å². The van der Waals surface area contributed by atoms with Crippen molar-refractivity contribution in [1.82, 2.24) is 10.2 Å². The van der Waals surface area contributed by atoms with Crippen LogP contribution in [0.4, 0.5) is 11.5 Å². The molecule has 3 aromatic rings. The van der Waals surface area contributed by atoms with Crippen LogP contribution in [0.1, 0.15) is 21.6 Å². The van der Waals surface area contributed by atoms with Gasteiger partial charge in [0.05, 0.1) is 32.6 Å². The minimum atomic E-state index is -3.81. The Labute approximate surface area is 198 Å². The molecule has 0 radical (unpaired) electrons. The highest BCUT2D eigenvalue weighted by molar-refractivity contribution is 7.95. The molecular formula is C23H26N4O6S. The number of rotatable bonds is 11. The van der Waals surface area contributed by atoms with Crippen molar-refractivity contribution in [3.05, 3.63) is 71.3 Å². The number of methoxy groups -OCH3 is 3. The summed E-state index contributed by atoms with van der Waals surface area (Å²) in [5.41, 5.74) is 1.97. The van der Waals surface area contributed by atoms with Crippen LogP contribution in [0.5, 0.6) is 17.2 Å². The van der Waals surface area contributed by atoms with E-state index in [0.29, 0.717) is 35.9 Å². The van der Waals surface area contributed by atoms with Gasteiger partial charge in [-0.2, -0.15) is 5.10 Å². The van der Waals surface area contributed by atoms with Gasteiger partial charge < -0.3 is 19.5 Å². The number of amides is 1. The van der Waals surface area contributed by atoms with Crippen LogP contribution in [0.3, 0.4) is 0 Å². The van der Waals surface area contributed by atoms with E-state index in [-0.39, 0.29) is 11.3 Å². The number of hydrogen-bond donors (Lipinski definition) is 3. The van der Waals surface area contributed by atoms with Gasteiger partial charge >= 0.3 is 0 Å². The highest BCUT2D eigenvalue weighted by atomic mass is 32.2. The maximum atomic E-state index is 12.9. The predicted molar refractivity (Wildman–Crippen MR) is 129 cm³/mol. The molecule has 0 bridgehead atoms. The lowest BCUT2D eigenvalue weighted by atomic mass is 10.1.